The Kier molecular flexibility index (Phi) is 3.68. The molecule has 100 valence electrons. The Labute approximate surface area is 106 Å². The van der Waals surface area contributed by atoms with E-state index in [-0.39, 0.29) is 12.4 Å². The Hall–Kier alpha value is -2.12. The predicted octanol–water partition coefficient (Wildman–Crippen LogP) is 2.25. The molecule has 0 amide bonds. The summed E-state index contributed by atoms with van der Waals surface area (Å²) in [5.74, 6) is -1.15. The second-order valence-electron chi connectivity index (χ2n) is 3.71. The standard InChI is InChI=1S/C11H8BF4N2O/c13-8-2-3-10(9(6-8)12(14,15)16)19-7-11-17-4-1-5-18-11/h1-6H,7H2/q-1. The highest BCUT2D eigenvalue weighted by Crippen LogP contribution is 2.19. The van der Waals surface area contributed by atoms with E-state index in [0.717, 1.165) is 12.1 Å². The molecule has 0 aliphatic carbocycles. The number of ether oxygens (including phenoxy) is 1. The van der Waals surface area contributed by atoms with Gasteiger partial charge < -0.3 is 17.7 Å². The highest BCUT2D eigenvalue weighted by Gasteiger charge is 2.29. The van der Waals surface area contributed by atoms with Gasteiger partial charge in [-0.3, -0.25) is 0 Å². The summed E-state index contributed by atoms with van der Waals surface area (Å²) in [6.45, 7) is -5.56. The van der Waals surface area contributed by atoms with E-state index in [4.69, 9.17) is 4.74 Å². The number of hydrogen-bond acceptors (Lipinski definition) is 3. The van der Waals surface area contributed by atoms with E-state index in [0.29, 0.717) is 6.07 Å². The Balaban J connectivity index is 2.21. The van der Waals surface area contributed by atoms with Crippen LogP contribution in [0.25, 0.3) is 0 Å². The molecule has 8 heteroatoms. The van der Waals surface area contributed by atoms with Crippen molar-refractivity contribution in [2.24, 2.45) is 0 Å². The van der Waals surface area contributed by atoms with Crippen LogP contribution in [-0.2, 0) is 6.61 Å². The summed E-state index contributed by atoms with van der Waals surface area (Å²) in [6, 6.07) is 3.85. The smallest absolute Gasteiger partial charge is 0.489 e. The number of rotatable bonds is 4. The summed E-state index contributed by atoms with van der Waals surface area (Å²) in [5, 5.41) is 0. The number of benzene rings is 1. The molecule has 0 bridgehead atoms. The normalized spacial score (nSPS) is 11.4. The predicted molar refractivity (Wildman–Crippen MR) is 61.5 cm³/mol. The summed E-state index contributed by atoms with van der Waals surface area (Å²) in [4.78, 5) is 7.63. The Morgan fingerprint density at radius 3 is 2.42 bits per heavy atom. The Bertz CT molecular complexity index is 562. The van der Waals surface area contributed by atoms with Gasteiger partial charge in [-0.2, -0.15) is 0 Å². The molecule has 1 aromatic heterocycles. The molecule has 0 aliphatic rings. The molecule has 2 aromatic rings. The first-order valence-corrected chi connectivity index (χ1v) is 5.35. The molecule has 0 spiro atoms. The molecule has 0 fully saturated rings. The minimum Gasteiger partial charge on any atom is -0.489 e. The van der Waals surface area contributed by atoms with Gasteiger partial charge in [0.1, 0.15) is 12.4 Å². The number of halogens is 4. The second-order valence-corrected chi connectivity index (χ2v) is 3.71. The van der Waals surface area contributed by atoms with Gasteiger partial charge in [0.2, 0.25) is 0 Å². The minimum atomic E-state index is -5.35. The molecule has 0 saturated heterocycles. The summed E-state index contributed by atoms with van der Waals surface area (Å²) >= 11 is 0. The zero-order chi connectivity index (χ0) is 13.9. The largest absolute Gasteiger partial charge is 0.513 e. The average molecular weight is 271 g/mol. The monoisotopic (exact) mass is 271 g/mol. The van der Waals surface area contributed by atoms with Gasteiger partial charge in [0.05, 0.1) is 5.75 Å². The average Bonchev–Trinajstić information content (AvgIpc) is 2.37. The quantitative estimate of drug-likeness (QED) is 0.632. The van der Waals surface area contributed by atoms with Crippen molar-refractivity contribution < 1.29 is 22.1 Å². The first kappa shape index (κ1) is 13.3. The van der Waals surface area contributed by atoms with Crippen molar-refractivity contribution >= 4 is 12.4 Å². The molecule has 0 aliphatic heterocycles. The van der Waals surface area contributed by atoms with E-state index in [2.05, 4.69) is 9.97 Å². The van der Waals surface area contributed by atoms with Crippen molar-refractivity contribution in [2.45, 2.75) is 6.61 Å². The van der Waals surface area contributed by atoms with Crippen LogP contribution in [0.4, 0.5) is 17.3 Å². The Morgan fingerprint density at radius 2 is 1.79 bits per heavy atom. The van der Waals surface area contributed by atoms with E-state index < -0.39 is 24.0 Å². The van der Waals surface area contributed by atoms with Gasteiger partial charge in [0.25, 0.3) is 0 Å². The van der Waals surface area contributed by atoms with Gasteiger partial charge in [-0.25, -0.2) is 14.4 Å². The first-order chi connectivity index (χ1) is 8.97. The van der Waals surface area contributed by atoms with Crippen LogP contribution < -0.4 is 10.2 Å². The molecule has 1 heterocycles. The van der Waals surface area contributed by atoms with Crippen LogP contribution in [0.1, 0.15) is 5.82 Å². The topological polar surface area (TPSA) is 35.0 Å². The lowest BCUT2D eigenvalue weighted by Crippen LogP contribution is -2.35. The molecular formula is C11H8BF4N2O-. The molecule has 0 unspecified atom stereocenters. The van der Waals surface area contributed by atoms with Crippen molar-refractivity contribution in [3.8, 4) is 5.75 Å². The van der Waals surface area contributed by atoms with Gasteiger partial charge in [-0.15, -0.1) is 0 Å². The van der Waals surface area contributed by atoms with Crippen molar-refractivity contribution in [1.29, 1.82) is 0 Å². The zero-order valence-corrected chi connectivity index (χ0v) is 9.56. The van der Waals surface area contributed by atoms with E-state index in [1.807, 2.05) is 0 Å². The van der Waals surface area contributed by atoms with Crippen LogP contribution in [0, 0.1) is 5.82 Å². The lowest BCUT2D eigenvalue weighted by atomic mass is 9.79. The van der Waals surface area contributed by atoms with Crippen molar-refractivity contribution in [3.05, 3.63) is 48.3 Å². The summed E-state index contributed by atoms with van der Waals surface area (Å²) in [7, 11) is 0. The fraction of sp³-hybridized carbons (Fsp3) is 0.0909. The van der Waals surface area contributed by atoms with Gasteiger partial charge >= 0.3 is 6.98 Å². The molecule has 1 aromatic carbocycles. The van der Waals surface area contributed by atoms with E-state index >= 15 is 0 Å². The fourth-order valence-corrected chi connectivity index (χ4v) is 1.45. The lowest BCUT2D eigenvalue weighted by molar-refractivity contribution is 0.296. The highest BCUT2D eigenvalue weighted by molar-refractivity contribution is 6.74. The molecule has 0 radical (unpaired) electrons. The van der Waals surface area contributed by atoms with E-state index in [1.165, 1.54) is 12.4 Å². The van der Waals surface area contributed by atoms with Crippen molar-refractivity contribution in [1.82, 2.24) is 9.97 Å². The van der Waals surface area contributed by atoms with Crippen LogP contribution in [0.15, 0.2) is 36.7 Å². The molecule has 3 nitrogen and oxygen atoms in total. The lowest BCUT2D eigenvalue weighted by Gasteiger charge is -2.19. The van der Waals surface area contributed by atoms with Gasteiger partial charge in [0.15, 0.2) is 5.82 Å². The molecule has 0 atom stereocenters. The first-order valence-electron chi connectivity index (χ1n) is 5.35. The SMILES string of the molecule is Fc1ccc(OCc2ncccn2)c([B-](F)(F)F)c1. The van der Waals surface area contributed by atoms with Crippen LogP contribution >= 0.6 is 0 Å². The van der Waals surface area contributed by atoms with Gasteiger partial charge in [-0.05, 0) is 24.3 Å². The number of nitrogens with zero attached hydrogens (tertiary/aromatic N) is 2. The van der Waals surface area contributed by atoms with Gasteiger partial charge in [-0.1, -0.05) is 5.46 Å². The summed E-state index contributed by atoms with van der Waals surface area (Å²) in [5.41, 5.74) is -1.10. The minimum absolute atomic E-state index is 0.217. The van der Waals surface area contributed by atoms with E-state index in [9.17, 15) is 17.3 Å². The van der Waals surface area contributed by atoms with Gasteiger partial charge in [0, 0.05) is 12.4 Å². The molecule has 19 heavy (non-hydrogen) atoms. The van der Waals surface area contributed by atoms with Crippen LogP contribution in [0.2, 0.25) is 0 Å². The van der Waals surface area contributed by atoms with Crippen molar-refractivity contribution in [3.63, 3.8) is 0 Å². The summed E-state index contributed by atoms with van der Waals surface area (Å²) < 4.78 is 56.1. The molecule has 0 saturated carbocycles. The summed E-state index contributed by atoms with van der Waals surface area (Å²) in [6.07, 6.45) is 2.90. The third-order valence-corrected chi connectivity index (χ3v) is 2.30. The van der Waals surface area contributed by atoms with Crippen LogP contribution in [0.3, 0.4) is 0 Å². The van der Waals surface area contributed by atoms with Crippen LogP contribution in [-0.4, -0.2) is 16.9 Å². The molecule has 2 rings (SSSR count). The molecule has 0 N–H and O–H groups in total. The number of hydrogen-bond donors (Lipinski definition) is 0. The molecular weight excluding hydrogens is 263 g/mol. The van der Waals surface area contributed by atoms with Crippen molar-refractivity contribution in [2.75, 3.05) is 0 Å². The van der Waals surface area contributed by atoms with E-state index in [1.54, 1.807) is 6.07 Å². The third kappa shape index (κ3) is 3.43. The maximum Gasteiger partial charge on any atom is 0.513 e. The fourth-order valence-electron chi connectivity index (χ4n) is 1.45. The second kappa shape index (κ2) is 5.25. The maximum absolute atomic E-state index is 12.9. The Morgan fingerprint density at radius 1 is 1.11 bits per heavy atom. The maximum atomic E-state index is 12.9. The zero-order valence-electron chi connectivity index (χ0n) is 9.56. The highest BCUT2D eigenvalue weighted by atomic mass is 19.4. The number of aromatic nitrogens is 2. The third-order valence-electron chi connectivity index (χ3n) is 2.30. The van der Waals surface area contributed by atoms with Crippen LogP contribution in [0.5, 0.6) is 5.75 Å².